The summed E-state index contributed by atoms with van der Waals surface area (Å²) in [6.07, 6.45) is 4.42. The van der Waals surface area contributed by atoms with E-state index >= 15 is 0 Å². The molecule has 0 N–H and O–H groups in total. The number of carbonyl (C=O) groups is 2. The highest BCUT2D eigenvalue weighted by atomic mass is 16.5. The number of carbonyl (C=O) groups excluding carboxylic acids is 2. The van der Waals surface area contributed by atoms with E-state index in [4.69, 9.17) is 9.47 Å². The molecule has 0 radical (unpaired) electrons. The van der Waals surface area contributed by atoms with Crippen molar-refractivity contribution in [3.8, 4) is 0 Å². The first-order valence-corrected chi connectivity index (χ1v) is 7.47. The Balaban J connectivity index is 2.25. The Bertz CT molecular complexity index is 353. The summed E-state index contributed by atoms with van der Waals surface area (Å²) in [5.74, 6) is -0.0684. The Morgan fingerprint density at radius 3 is 2.35 bits per heavy atom. The molecule has 1 unspecified atom stereocenters. The summed E-state index contributed by atoms with van der Waals surface area (Å²) in [5, 5.41) is 0. The van der Waals surface area contributed by atoms with E-state index in [-0.39, 0.29) is 24.0 Å². The average molecular weight is 282 g/mol. The van der Waals surface area contributed by atoms with Crippen molar-refractivity contribution < 1.29 is 19.1 Å². The van der Waals surface area contributed by atoms with Gasteiger partial charge in [-0.15, -0.1) is 0 Å². The number of ether oxygens (including phenoxy) is 2. The average Bonchev–Trinajstić information content (AvgIpc) is 2.45. The van der Waals surface area contributed by atoms with Crippen LogP contribution >= 0.6 is 0 Å². The molecule has 114 valence electrons. The van der Waals surface area contributed by atoms with E-state index in [2.05, 4.69) is 6.58 Å². The van der Waals surface area contributed by atoms with Crippen LogP contribution in [0.25, 0.3) is 0 Å². The van der Waals surface area contributed by atoms with Crippen molar-refractivity contribution >= 4 is 11.9 Å². The Kier molecular flexibility index (Phi) is 6.76. The summed E-state index contributed by atoms with van der Waals surface area (Å²) in [6.45, 7) is 9.52. The number of hydrogen-bond acceptors (Lipinski definition) is 4. The van der Waals surface area contributed by atoms with Crippen LogP contribution < -0.4 is 0 Å². The SMILES string of the molecule is C=C(C)C(=O)OCC1CCC(OC(=O)C(C)CC)CC1. The van der Waals surface area contributed by atoms with E-state index < -0.39 is 0 Å². The van der Waals surface area contributed by atoms with Crippen molar-refractivity contribution in [1.29, 1.82) is 0 Å². The third-order valence-electron chi connectivity index (χ3n) is 3.89. The van der Waals surface area contributed by atoms with Gasteiger partial charge in [-0.25, -0.2) is 4.79 Å². The second-order valence-corrected chi connectivity index (χ2v) is 5.77. The molecular formula is C16H26O4. The molecule has 1 aliphatic rings. The van der Waals surface area contributed by atoms with Crippen molar-refractivity contribution in [1.82, 2.24) is 0 Å². The summed E-state index contributed by atoms with van der Waals surface area (Å²) < 4.78 is 10.7. The zero-order chi connectivity index (χ0) is 15.1. The molecular weight excluding hydrogens is 256 g/mol. The summed E-state index contributed by atoms with van der Waals surface area (Å²) in [7, 11) is 0. The fraction of sp³-hybridized carbons (Fsp3) is 0.750. The van der Waals surface area contributed by atoms with E-state index in [1.165, 1.54) is 0 Å². The molecule has 1 rings (SSSR count). The molecule has 1 saturated carbocycles. The minimum atomic E-state index is -0.324. The molecule has 0 aliphatic heterocycles. The van der Waals surface area contributed by atoms with Crippen molar-refractivity contribution in [3.63, 3.8) is 0 Å². The lowest BCUT2D eigenvalue weighted by Crippen LogP contribution is -2.28. The summed E-state index contributed by atoms with van der Waals surface area (Å²) >= 11 is 0. The van der Waals surface area contributed by atoms with Gasteiger partial charge < -0.3 is 9.47 Å². The van der Waals surface area contributed by atoms with Gasteiger partial charge >= 0.3 is 11.9 Å². The zero-order valence-electron chi connectivity index (χ0n) is 12.8. The number of hydrogen-bond donors (Lipinski definition) is 0. The molecule has 1 aliphatic carbocycles. The summed E-state index contributed by atoms with van der Waals surface area (Å²) in [5.41, 5.74) is 0.432. The molecule has 0 bridgehead atoms. The Labute approximate surface area is 121 Å². The van der Waals surface area contributed by atoms with Crippen molar-refractivity contribution in [2.45, 2.75) is 59.0 Å². The normalized spacial score (nSPS) is 23.8. The highest BCUT2D eigenvalue weighted by Crippen LogP contribution is 2.27. The van der Waals surface area contributed by atoms with Gasteiger partial charge in [0.05, 0.1) is 12.5 Å². The largest absolute Gasteiger partial charge is 0.462 e. The number of rotatable bonds is 6. The lowest BCUT2D eigenvalue weighted by atomic mass is 9.88. The minimum Gasteiger partial charge on any atom is -0.462 e. The van der Waals surface area contributed by atoms with Crippen LogP contribution in [-0.2, 0) is 19.1 Å². The fourth-order valence-corrected chi connectivity index (χ4v) is 2.18. The summed E-state index contributed by atoms with van der Waals surface area (Å²) in [6, 6.07) is 0. The van der Waals surface area contributed by atoms with Crippen molar-refractivity contribution in [3.05, 3.63) is 12.2 Å². The van der Waals surface area contributed by atoms with E-state index in [0.717, 1.165) is 32.1 Å². The first-order chi connectivity index (χ1) is 9.43. The van der Waals surface area contributed by atoms with Crippen LogP contribution in [0.3, 0.4) is 0 Å². The van der Waals surface area contributed by atoms with Crippen LogP contribution in [0, 0.1) is 11.8 Å². The van der Waals surface area contributed by atoms with Crippen LogP contribution in [-0.4, -0.2) is 24.6 Å². The molecule has 0 amide bonds. The van der Waals surface area contributed by atoms with E-state index in [9.17, 15) is 9.59 Å². The molecule has 1 fully saturated rings. The second-order valence-electron chi connectivity index (χ2n) is 5.77. The van der Waals surface area contributed by atoms with E-state index in [1.807, 2.05) is 13.8 Å². The molecule has 0 aromatic heterocycles. The maximum atomic E-state index is 11.7. The van der Waals surface area contributed by atoms with Gasteiger partial charge in [-0.05, 0) is 44.9 Å². The third kappa shape index (κ3) is 5.35. The molecule has 0 aromatic rings. The molecule has 4 nitrogen and oxygen atoms in total. The smallest absolute Gasteiger partial charge is 0.333 e. The van der Waals surface area contributed by atoms with E-state index in [0.29, 0.717) is 18.1 Å². The lowest BCUT2D eigenvalue weighted by molar-refractivity contribution is -0.155. The predicted molar refractivity (Wildman–Crippen MR) is 77.1 cm³/mol. The second kappa shape index (κ2) is 8.08. The van der Waals surface area contributed by atoms with Gasteiger partial charge in [-0.2, -0.15) is 0 Å². The lowest BCUT2D eigenvalue weighted by Gasteiger charge is -2.28. The Morgan fingerprint density at radius 1 is 1.25 bits per heavy atom. The first kappa shape index (κ1) is 16.7. The van der Waals surface area contributed by atoms with E-state index in [1.54, 1.807) is 6.92 Å². The first-order valence-electron chi connectivity index (χ1n) is 7.47. The molecule has 0 saturated heterocycles. The third-order valence-corrected chi connectivity index (χ3v) is 3.89. The van der Waals surface area contributed by atoms with Crippen LogP contribution in [0.5, 0.6) is 0 Å². The molecule has 0 heterocycles. The predicted octanol–water partition coefficient (Wildman–Crippen LogP) is 3.25. The van der Waals surface area contributed by atoms with Gasteiger partial charge in [0.25, 0.3) is 0 Å². The number of esters is 2. The Hall–Kier alpha value is -1.32. The van der Waals surface area contributed by atoms with Gasteiger partial charge in [0.2, 0.25) is 0 Å². The highest BCUT2D eigenvalue weighted by Gasteiger charge is 2.26. The maximum Gasteiger partial charge on any atom is 0.333 e. The van der Waals surface area contributed by atoms with Gasteiger partial charge in [0, 0.05) is 5.57 Å². The van der Waals surface area contributed by atoms with Gasteiger partial charge in [0.1, 0.15) is 6.10 Å². The highest BCUT2D eigenvalue weighted by molar-refractivity contribution is 5.86. The van der Waals surface area contributed by atoms with Crippen molar-refractivity contribution in [2.75, 3.05) is 6.61 Å². The van der Waals surface area contributed by atoms with Crippen LogP contribution in [0.4, 0.5) is 0 Å². The zero-order valence-corrected chi connectivity index (χ0v) is 12.8. The fourth-order valence-electron chi connectivity index (χ4n) is 2.18. The van der Waals surface area contributed by atoms with Crippen LogP contribution in [0.15, 0.2) is 12.2 Å². The van der Waals surface area contributed by atoms with Crippen LogP contribution in [0.2, 0.25) is 0 Å². The van der Waals surface area contributed by atoms with Gasteiger partial charge in [0.15, 0.2) is 0 Å². The van der Waals surface area contributed by atoms with Crippen molar-refractivity contribution in [2.24, 2.45) is 11.8 Å². The molecule has 1 atom stereocenters. The molecule has 0 aromatic carbocycles. The monoisotopic (exact) mass is 282 g/mol. The molecule has 20 heavy (non-hydrogen) atoms. The van der Waals surface area contributed by atoms with Gasteiger partial charge in [-0.1, -0.05) is 20.4 Å². The Morgan fingerprint density at radius 2 is 1.85 bits per heavy atom. The minimum absolute atomic E-state index is 0.0238. The quantitative estimate of drug-likeness (QED) is 0.554. The van der Waals surface area contributed by atoms with Crippen LogP contribution in [0.1, 0.15) is 52.9 Å². The summed E-state index contributed by atoms with van der Waals surface area (Å²) in [4.78, 5) is 23.0. The molecule has 4 heteroatoms. The standard InChI is InChI=1S/C16H26O4/c1-5-12(4)16(18)20-14-8-6-13(7-9-14)10-19-15(17)11(2)3/h12-14H,2,5-10H2,1,3-4H3. The maximum absolute atomic E-state index is 11.7. The van der Waals surface area contributed by atoms with Gasteiger partial charge in [-0.3, -0.25) is 4.79 Å². The topological polar surface area (TPSA) is 52.6 Å². The molecule has 0 spiro atoms.